The topological polar surface area (TPSA) is 66.4 Å². The summed E-state index contributed by atoms with van der Waals surface area (Å²) in [7, 11) is 0. The number of halogens is 1. The average Bonchev–Trinajstić information content (AvgIpc) is 2.19. The Morgan fingerprint density at radius 3 is 2.62 bits per heavy atom. The van der Waals surface area contributed by atoms with E-state index in [1.165, 1.54) is 6.92 Å². The summed E-state index contributed by atoms with van der Waals surface area (Å²) in [6, 6.07) is 4.86. The van der Waals surface area contributed by atoms with E-state index in [1.807, 2.05) is 0 Å². The van der Waals surface area contributed by atoms with Gasteiger partial charge in [-0.15, -0.1) is 0 Å². The molecule has 0 saturated carbocycles. The monoisotopic (exact) mass is 285 g/mol. The van der Waals surface area contributed by atoms with Crippen LogP contribution in [0.2, 0.25) is 0 Å². The number of aromatic carboxylic acids is 1. The maximum absolute atomic E-state index is 10.7. The zero-order valence-corrected chi connectivity index (χ0v) is 10.4. The van der Waals surface area contributed by atoms with Crippen molar-refractivity contribution in [3.8, 4) is 0 Å². The van der Waals surface area contributed by atoms with Crippen molar-refractivity contribution >= 4 is 27.8 Å². The number of carboxylic acid groups (broad SMARTS) is 1. The molecule has 1 aromatic carbocycles. The van der Waals surface area contributed by atoms with E-state index in [0.29, 0.717) is 13.0 Å². The third-order valence-corrected chi connectivity index (χ3v) is 2.81. The van der Waals surface area contributed by atoms with Gasteiger partial charge in [0.05, 0.1) is 5.56 Å². The van der Waals surface area contributed by atoms with Crippen LogP contribution in [0, 0.1) is 0 Å². The van der Waals surface area contributed by atoms with Gasteiger partial charge in [0.15, 0.2) is 0 Å². The lowest BCUT2D eigenvalue weighted by Crippen LogP contribution is -2.22. The highest BCUT2D eigenvalue weighted by Gasteiger charge is 2.06. The Bertz CT molecular complexity index is 418. The van der Waals surface area contributed by atoms with Gasteiger partial charge in [0.2, 0.25) is 5.91 Å². The molecule has 2 N–H and O–H groups in total. The second kappa shape index (κ2) is 5.65. The molecule has 0 spiro atoms. The van der Waals surface area contributed by atoms with Crippen LogP contribution in [-0.2, 0) is 11.2 Å². The minimum atomic E-state index is -0.950. The smallest absolute Gasteiger partial charge is 0.335 e. The molecule has 86 valence electrons. The normalized spacial score (nSPS) is 9.88. The molecule has 0 aliphatic rings. The molecule has 0 heterocycles. The van der Waals surface area contributed by atoms with Gasteiger partial charge in [-0.2, -0.15) is 0 Å². The minimum Gasteiger partial charge on any atom is -0.478 e. The van der Waals surface area contributed by atoms with Gasteiger partial charge >= 0.3 is 5.97 Å². The summed E-state index contributed by atoms with van der Waals surface area (Å²) in [6.07, 6.45) is 0.667. The molecule has 0 unspecified atom stereocenters. The van der Waals surface area contributed by atoms with Gasteiger partial charge in [-0.25, -0.2) is 4.79 Å². The lowest BCUT2D eigenvalue weighted by molar-refractivity contribution is -0.118. The first-order valence-corrected chi connectivity index (χ1v) is 5.56. The fraction of sp³-hybridized carbons (Fsp3) is 0.273. The highest BCUT2D eigenvalue weighted by molar-refractivity contribution is 9.10. The molecule has 0 aliphatic heterocycles. The van der Waals surface area contributed by atoms with Crippen LogP contribution in [0.25, 0.3) is 0 Å². The number of rotatable bonds is 4. The molecule has 0 aliphatic carbocycles. The molecule has 0 fully saturated rings. The highest BCUT2D eigenvalue weighted by atomic mass is 79.9. The Morgan fingerprint density at radius 1 is 1.44 bits per heavy atom. The molecule has 1 aromatic rings. The Balaban J connectivity index is 2.68. The Hall–Kier alpha value is -1.36. The molecule has 5 heteroatoms. The van der Waals surface area contributed by atoms with Crippen molar-refractivity contribution in [3.05, 3.63) is 33.8 Å². The second-order valence-electron chi connectivity index (χ2n) is 3.34. The first-order valence-electron chi connectivity index (χ1n) is 4.77. The van der Waals surface area contributed by atoms with Crippen LogP contribution in [0.3, 0.4) is 0 Å². The van der Waals surface area contributed by atoms with Gasteiger partial charge in [0.1, 0.15) is 0 Å². The maximum Gasteiger partial charge on any atom is 0.335 e. The summed E-state index contributed by atoms with van der Waals surface area (Å²) in [5.74, 6) is -1.02. The van der Waals surface area contributed by atoms with E-state index < -0.39 is 5.97 Å². The predicted octanol–water partition coefficient (Wildman–Crippen LogP) is 1.83. The highest BCUT2D eigenvalue weighted by Crippen LogP contribution is 2.19. The molecule has 0 aromatic heterocycles. The third kappa shape index (κ3) is 3.66. The van der Waals surface area contributed by atoms with Gasteiger partial charge in [0, 0.05) is 17.9 Å². The first kappa shape index (κ1) is 12.7. The van der Waals surface area contributed by atoms with Gasteiger partial charge in [-0.1, -0.05) is 22.0 Å². The summed E-state index contributed by atoms with van der Waals surface area (Å²) in [5, 5.41) is 11.5. The number of amides is 1. The van der Waals surface area contributed by atoms with Crippen LogP contribution in [0.1, 0.15) is 22.8 Å². The van der Waals surface area contributed by atoms with E-state index in [1.54, 1.807) is 18.2 Å². The lowest BCUT2D eigenvalue weighted by atomic mass is 10.1. The molecule has 0 saturated heterocycles. The maximum atomic E-state index is 10.7. The number of benzene rings is 1. The van der Waals surface area contributed by atoms with Crippen molar-refractivity contribution in [2.24, 2.45) is 0 Å². The molecule has 0 radical (unpaired) electrons. The summed E-state index contributed by atoms with van der Waals surface area (Å²) in [6.45, 7) is 2.00. The lowest BCUT2D eigenvalue weighted by Gasteiger charge is -2.06. The van der Waals surface area contributed by atoms with Gasteiger partial charge in [-0.05, 0) is 24.1 Å². The Morgan fingerprint density at radius 2 is 2.12 bits per heavy atom. The Labute approximate surface area is 102 Å². The Kier molecular flexibility index (Phi) is 4.49. The van der Waals surface area contributed by atoms with E-state index in [2.05, 4.69) is 21.2 Å². The third-order valence-electron chi connectivity index (χ3n) is 2.07. The summed E-state index contributed by atoms with van der Waals surface area (Å²) >= 11 is 3.31. The number of hydrogen-bond donors (Lipinski definition) is 2. The standard InChI is InChI=1S/C11H12BrNO3/c1-7(14)13-5-4-8-2-3-9(11(15)16)6-10(8)12/h2-3,6H,4-5H2,1H3,(H,13,14)(H,15,16). The molecule has 0 atom stereocenters. The van der Waals surface area contributed by atoms with Gasteiger partial charge in [-0.3, -0.25) is 4.79 Å². The van der Waals surface area contributed by atoms with Gasteiger partial charge in [0.25, 0.3) is 0 Å². The summed E-state index contributed by atoms with van der Waals surface area (Å²) < 4.78 is 0.748. The zero-order valence-electron chi connectivity index (χ0n) is 8.79. The van der Waals surface area contributed by atoms with Crippen molar-refractivity contribution in [3.63, 3.8) is 0 Å². The van der Waals surface area contributed by atoms with Crippen molar-refractivity contribution in [2.75, 3.05) is 6.54 Å². The van der Waals surface area contributed by atoms with Crippen LogP contribution in [0.15, 0.2) is 22.7 Å². The minimum absolute atomic E-state index is 0.0710. The second-order valence-corrected chi connectivity index (χ2v) is 4.20. The largest absolute Gasteiger partial charge is 0.478 e. The predicted molar refractivity (Wildman–Crippen MR) is 63.5 cm³/mol. The number of carbonyl (C=O) groups is 2. The van der Waals surface area contributed by atoms with E-state index in [9.17, 15) is 9.59 Å². The molecule has 4 nitrogen and oxygen atoms in total. The number of carboxylic acids is 1. The van der Waals surface area contributed by atoms with Gasteiger partial charge < -0.3 is 10.4 Å². The van der Waals surface area contributed by atoms with E-state index in [0.717, 1.165) is 10.0 Å². The van der Waals surface area contributed by atoms with E-state index >= 15 is 0 Å². The fourth-order valence-electron chi connectivity index (χ4n) is 1.26. The molecule has 1 amide bonds. The summed E-state index contributed by atoms with van der Waals surface area (Å²) in [4.78, 5) is 21.4. The van der Waals surface area contributed by atoms with Crippen LogP contribution in [0.4, 0.5) is 0 Å². The number of carbonyl (C=O) groups excluding carboxylic acids is 1. The quantitative estimate of drug-likeness (QED) is 0.887. The van der Waals surface area contributed by atoms with Crippen molar-refractivity contribution in [1.82, 2.24) is 5.32 Å². The zero-order chi connectivity index (χ0) is 12.1. The summed E-state index contributed by atoms with van der Waals surface area (Å²) in [5.41, 5.74) is 1.22. The van der Waals surface area contributed by atoms with Crippen LogP contribution >= 0.6 is 15.9 Å². The molecule has 0 bridgehead atoms. The number of hydrogen-bond acceptors (Lipinski definition) is 2. The molecular formula is C11H12BrNO3. The molecular weight excluding hydrogens is 274 g/mol. The first-order chi connectivity index (χ1) is 7.50. The van der Waals surface area contributed by atoms with Crippen molar-refractivity contribution < 1.29 is 14.7 Å². The SMILES string of the molecule is CC(=O)NCCc1ccc(C(=O)O)cc1Br. The van der Waals surface area contributed by atoms with Crippen LogP contribution in [0.5, 0.6) is 0 Å². The van der Waals surface area contributed by atoms with E-state index in [-0.39, 0.29) is 11.5 Å². The van der Waals surface area contributed by atoms with E-state index in [4.69, 9.17) is 5.11 Å². The number of nitrogens with one attached hydrogen (secondary N) is 1. The molecule has 16 heavy (non-hydrogen) atoms. The fourth-order valence-corrected chi connectivity index (χ4v) is 1.83. The average molecular weight is 286 g/mol. The molecule has 1 rings (SSSR count). The van der Waals surface area contributed by atoms with Crippen molar-refractivity contribution in [2.45, 2.75) is 13.3 Å². The van der Waals surface area contributed by atoms with Crippen LogP contribution in [-0.4, -0.2) is 23.5 Å². The van der Waals surface area contributed by atoms with Crippen LogP contribution < -0.4 is 5.32 Å². The van der Waals surface area contributed by atoms with Crippen molar-refractivity contribution in [1.29, 1.82) is 0 Å².